The Morgan fingerprint density at radius 1 is 1.35 bits per heavy atom. The average molecular weight is 276 g/mol. The second-order valence-electron chi connectivity index (χ2n) is 4.42. The summed E-state index contributed by atoms with van der Waals surface area (Å²) in [7, 11) is 0. The Kier molecular flexibility index (Phi) is 4.02. The van der Waals surface area contributed by atoms with Crippen molar-refractivity contribution in [2.24, 2.45) is 0 Å². The fourth-order valence-electron chi connectivity index (χ4n) is 1.95. The first-order chi connectivity index (χ1) is 9.53. The maximum absolute atomic E-state index is 13.2. The van der Waals surface area contributed by atoms with E-state index in [0.717, 1.165) is 12.1 Å². The van der Waals surface area contributed by atoms with Crippen molar-refractivity contribution in [3.05, 3.63) is 41.5 Å². The first kappa shape index (κ1) is 14.0. The predicted molar refractivity (Wildman–Crippen MR) is 76.0 cm³/mol. The average Bonchev–Trinajstić information content (AvgIpc) is 2.80. The van der Waals surface area contributed by atoms with Gasteiger partial charge < -0.3 is 11.1 Å². The number of halogens is 1. The van der Waals surface area contributed by atoms with Gasteiger partial charge in [-0.1, -0.05) is 6.92 Å². The van der Waals surface area contributed by atoms with Gasteiger partial charge in [-0.05, 0) is 37.6 Å². The van der Waals surface area contributed by atoms with Crippen LogP contribution in [-0.4, -0.2) is 15.7 Å². The van der Waals surface area contributed by atoms with Crippen LogP contribution in [0, 0.1) is 5.82 Å². The molecule has 1 heterocycles. The van der Waals surface area contributed by atoms with Gasteiger partial charge in [0.1, 0.15) is 11.5 Å². The largest absolute Gasteiger partial charge is 0.399 e. The van der Waals surface area contributed by atoms with Gasteiger partial charge in [0.05, 0.1) is 5.69 Å². The molecule has 0 fully saturated rings. The van der Waals surface area contributed by atoms with Crippen molar-refractivity contribution in [1.29, 1.82) is 0 Å². The normalized spacial score (nSPS) is 10.6. The molecule has 0 atom stereocenters. The Labute approximate surface area is 116 Å². The Morgan fingerprint density at radius 3 is 2.70 bits per heavy atom. The third-order valence-electron chi connectivity index (χ3n) is 2.90. The van der Waals surface area contributed by atoms with Gasteiger partial charge in [0.25, 0.3) is 5.91 Å². The fourth-order valence-corrected chi connectivity index (χ4v) is 1.95. The Balaban J connectivity index is 2.25. The molecule has 0 spiro atoms. The number of nitrogen functional groups attached to an aromatic ring is 1. The highest BCUT2D eigenvalue weighted by Crippen LogP contribution is 2.17. The van der Waals surface area contributed by atoms with Gasteiger partial charge >= 0.3 is 0 Å². The summed E-state index contributed by atoms with van der Waals surface area (Å²) in [5.41, 5.74) is 7.43. The second kappa shape index (κ2) is 5.73. The van der Waals surface area contributed by atoms with E-state index < -0.39 is 5.82 Å². The van der Waals surface area contributed by atoms with Crippen molar-refractivity contribution in [1.82, 2.24) is 9.78 Å². The molecule has 0 bridgehead atoms. The van der Waals surface area contributed by atoms with Gasteiger partial charge in [0.15, 0.2) is 0 Å². The first-order valence-electron chi connectivity index (χ1n) is 6.47. The van der Waals surface area contributed by atoms with E-state index in [-0.39, 0.29) is 11.6 Å². The molecule has 0 saturated heterocycles. The molecule has 0 aliphatic rings. The maximum Gasteiger partial charge on any atom is 0.273 e. The van der Waals surface area contributed by atoms with Gasteiger partial charge in [-0.25, -0.2) is 4.39 Å². The van der Waals surface area contributed by atoms with Crippen LogP contribution in [0.3, 0.4) is 0 Å². The molecule has 20 heavy (non-hydrogen) atoms. The van der Waals surface area contributed by atoms with Gasteiger partial charge in [0, 0.05) is 17.9 Å². The molecule has 2 rings (SSSR count). The smallest absolute Gasteiger partial charge is 0.273 e. The summed E-state index contributed by atoms with van der Waals surface area (Å²) in [6.45, 7) is 4.47. The lowest BCUT2D eigenvalue weighted by Gasteiger charge is -2.07. The summed E-state index contributed by atoms with van der Waals surface area (Å²) >= 11 is 0. The number of anilines is 2. The molecule has 5 nitrogen and oxygen atoms in total. The molecule has 106 valence electrons. The van der Waals surface area contributed by atoms with E-state index in [2.05, 4.69) is 10.4 Å². The molecule has 0 unspecified atom stereocenters. The summed E-state index contributed by atoms with van der Waals surface area (Å²) in [5.74, 6) is -0.817. The van der Waals surface area contributed by atoms with Crippen molar-refractivity contribution in [3.63, 3.8) is 0 Å². The summed E-state index contributed by atoms with van der Waals surface area (Å²) in [4.78, 5) is 12.2. The number of rotatable bonds is 4. The van der Waals surface area contributed by atoms with Gasteiger partial charge in [-0.2, -0.15) is 5.10 Å². The number of amides is 1. The van der Waals surface area contributed by atoms with E-state index in [1.165, 1.54) is 18.2 Å². The highest BCUT2D eigenvalue weighted by molar-refractivity contribution is 6.03. The minimum absolute atomic E-state index is 0.263. The molecule has 3 N–H and O–H groups in total. The quantitative estimate of drug-likeness (QED) is 0.842. The maximum atomic E-state index is 13.2. The van der Waals surface area contributed by atoms with Crippen LogP contribution in [0.4, 0.5) is 15.8 Å². The van der Waals surface area contributed by atoms with Crippen LogP contribution in [0.25, 0.3) is 0 Å². The van der Waals surface area contributed by atoms with Crippen LogP contribution < -0.4 is 11.1 Å². The van der Waals surface area contributed by atoms with Crippen molar-refractivity contribution < 1.29 is 9.18 Å². The second-order valence-corrected chi connectivity index (χ2v) is 4.42. The number of nitrogens with two attached hydrogens (primary N) is 1. The number of nitrogens with one attached hydrogen (secondary N) is 1. The standard InChI is InChI=1S/C14H17FN4O/c1-3-11-8-13(19(4-2)18-11)14(20)17-12-6-9(15)5-10(16)7-12/h5-8H,3-4,16H2,1-2H3,(H,17,20). The van der Waals surface area contributed by atoms with Crippen molar-refractivity contribution in [2.45, 2.75) is 26.8 Å². The van der Waals surface area contributed by atoms with Crippen LogP contribution in [0.1, 0.15) is 30.0 Å². The molecule has 0 saturated carbocycles. The van der Waals surface area contributed by atoms with Crippen LogP contribution in [-0.2, 0) is 13.0 Å². The summed E-state index contributed by atoms with van der Waals surface area (Å²) in [6.07, 6.45) is 0.750. The number of nitrogens with zero attached hydrogens (tertiary/aromatic N) is 2. The van der Waals surface area contributed by atoms with Crippen LogP contribution in [0.15, 0.2) is 24.3 Å². The Bertz CT molecular complexity index is 616. The number of aromatic nitrogens is 2. The molecule has 0 aliphatic heterocycles. The number of carbonyl (C=O) groups is 1. The van der Waals surface area contributed by atoms with Crippen molar-refractivity contribution >= 4 is 17.3 Å². The molecule has 6 heteroatoms. The first-order valence-corrected chi connectivity index (χ1v) is 6.47. The minimum Gasteiger partial charge on any atom is -0.399 e. The topological polar surface area (TPSA) is 72.9 Å². The Hall–Kier alpha value is -2.37. The lowest BCUT2D eigenvalue weighted by Crippen LogP contribution is -2.17. The third-order valence-corrected chi connectivity index (χ3v) is 2.90. The van der Waals surface area contributed by atoms with Crippen LogP contribution >= 0.6 is 0 Å². The number of aryl methyl sites for hydroxylation is 2. The number of hydrogen-bond acceptors (Lipinski definition) is 3. The molecule has 0 radical (unpaired) electrons. The minimum atomic E-state index is -0.487. The lowest BCUT2D eigenvalue weighted by molar-refractivity contribution is 0.101. The summed E-state index contributed by atoms with van der Waals surface area (Å²) < 4.78 is 14.9. The van der Waals surface area contributed by atoms with Crippen molar-refractivity contribution in [3.8, 4) is 0 Å². The highest BCUT2D eigenvalue weighted by atomic mass is 19.1. The van der Waals surface area contributed by atoms with E-state index in [1.54, 1.807) is 10.7 Å². The van der Waals surface area contributed by atoms with E-state index in [4.69, 9.17) is 5.73 Å². The highest BCUT2D eigenvalue weighted by Gasteiger charge is 2.14. The molecule has 1 aromatic heterocycles. The zero-order chi connectivity index (χ0) is 14.7. The zero-order valence-corrected chi connectivity index (χ0v) is 11.5. The van der Waals surface area contributed by atoms with Crippen molar-refractivity contribution in [2.75, 3.05) is 11.1 Å². The van der Waals surface area contributed by atoms with Gasteiger partial charge in [0.2, 0.25) is 0 Å². The third kappa shape index (κ3) is 2.96. The predicted octanol–water partition coefficient (Wildman–Crippen LogP) is 2.44. The molecule has 1 amide bonds. The lowest BCUT2D eigenvalue weighted by atomic mass is 10.2. The fraction of sp³-hybridized carbons (Fsp3) is 0.286. The van der Waals surface area contributed by atoms with E-state index in [1.807, 2.05) is 13.8 Å². The molecule has 2 aromatic rings. The van der Waals surface area contributed by atoms with E-state index in [0.29, 0.717) is 17.9 Å². The van der Waals surface area contributed by atoms with Gasteiger partial charge in [-0.3, -0.25) is 9.48 Å². The SMILES string of the molecule is CCc1cc(C(=O)Nc2cc(N)cc(F)c2)n(CC)n1. The molecular weight excluding hydrogens is 259 g/mol. The van der Waals surface area contributed by atoms with Crippen LogP contribution in [0.5, 0.6) is 0 Å². The molecule has 0 aliphatic carbocycles. The zero-order valence-electron chi connectivity index (χ0n) is 11.5. The number of hydrogen-bond donors (Lipinski definition) is 2. The summed E-state index contributed by atoms with van der Waals surface area (Å²) in [6, 6.07) is 5.67. The Morgan fingerprint density at radius 2 is 2.10 bits per heavy atom. The number of benzene rings is 1. The monoisotopic (exact) mass is 276 g/mol. The summed E-state index contributed by atoms with van der Waals surface area (Å²) in [5, 5.41) is 6.93. The van der Waals surface area contributed by atoms with E-state index >= 15 is 0 Å². The number of carbonyl (C=O) groups excluding carboxylic acids is 1. The molecular formula is C14H17FN4O. The van der Waals surface area contributed by atoms with Crippen LogP contribution in [0.2, 0.25) is 0 Å². The molecule has 1 aromatic carbocycles. The van der Waals surface area contributed by atoms with Gasteiger partial charge in [-0.15, -0.1) is 0 Å². The van der Waals surface area contributed by atoms with E-state index in [9.17, 15) is 9.18 Å².